The van der Waals surface area contributed by atoms with E-state index in [1.54, 1.807) is 45.3 Å². The molecule has 1 aliphatic rings. The molecule has 0 fully saturated rings. The van der Waals surface area contributed by atoms with E-state index in [0.717, 1.165) is 19.5 Å². The summed E-state index contributed by atoms with van der Waals surface area (Å²) in [6, 6.07) is 16.9. The lowest BCUT2D eigenvalue weighted by Crippen LogP contribution is -1.63. The van der Waals surface area contributed by atoms with Gasteiger partial charge in [0.1, 0.15) is 0 Å². The zero-order valence-electron chi connectivity index (χ0n) is 14.6. The van der Waals surface area contributed by atoms with Crippen LogP contribution in [0.1, 0.15) is 39.0 Å². The molecule has 28 heavy (non-hydrogen) atoms. The summed E-state index contributed by atoms with van der Waals surface area (Å²) in [5, 5.41) is 0. The van der Waals surface area contributed by atoms with Gasteiger partial charge in [-0.05, 0) is 96.5 Å². The van der Waals surface area contributed by atoms with Crippen LogP contribution in [0, 0.1) is 23.7 Å². The number of hydrogen-bond acceptors (Lipinski definition) is 4. The van der Waals surface area contributed by atoms with Gasteiger partial charge in [0.25, 0.3) is 0 Å². The van der Waals surface area contributed by atoms with Crippen LogP contribution in [0.3, 0.4) is 0 Å². The number of rotatable bonds is 0. The van der Waals surface area contributed by atoms with Gasteiger partial charge in [0, 0.05) is 19.5 Å². The van der Waals surface area contributed by atoms with E-state index in [4.69, 9.17) is 0 Å². The maximum absolute atomic E-state index is 3.29. The average Bonchev–Trinajstić information content (AvgIpc) is 3.49. The summed E-state index contributed by atoms with van der Waals surface area (Å²) in [5.74, 6) is 13.2. The summed E-state index contributed by atoms with van der Waals surface area (Å²) in [6.07, 6.45) is 8.60. The van der Waals surface area contributed by atoms with Crippen molar-refractivity contribution in [2.24, 2.45) is 0 Å². The van der Waals surface area contributed by atoms with E-state index in [0.29, 0.717) is 0 Å². The molecule has 5 rings (SSSR count). The molecule has 0 spiro atoms. The van der Waals surface area contributed by atoms with Gasteiger partial charge < -0.3 is 0 Å². The molecule has 0 aromatic carbocycles. The third-order valence-corrected chi connectivity index (χ3v) is 7.81. The van der Waals surface area contributed by atoms with Crippen molar-refractivity contribution >= 4 is 69.7 Å². The summed E-state index contributed by atoms with van der Waals surface area (Å²) < 4.78 is 0. The zero-order valence-corrected chi connectivity index (χ0v) is 17.8. The Morgan fingerprint density at radius 1 is 0.357 bits per heavy atom. The van der Waals surface area contributed by atoms with Crippen molar-refractivity contribution in [3.8, 4) is 23.7 Å². The third kappa shape index (κ3) is 4.12. The Labute approximate surface area is 180 Å². The van der Waals surface area contributed by atoms with E-state index >= 15 is 0 Å². The maximum Gasteiger partial charge on any atom is 0.0778 e. The van der Waals surface area contributed by atoms with Crippen molar-refractivity contribution in [1.82, 2.24) is 0 Å². The van der Waals surface area contributed by atoms with E-state index < -0.39 is 0 Å². The molecule has 0 saturated carbocycles. The summed E-state index contributed by atoms with van der Waals surface area (Å²) in [4.78, 5) is 9.18. The van der Waals surface area contributed by atoms with Crippen LogP contribution in [0.4, 0.5) is 0 Å². The van der Waals surface area contributed by atoms with Gasteiger partial charge in [-0.25, -0.2) is 0 Å². The highest BCUT2D eigenvalue weighted by Crippen LogP contribution is 2.24. The summed E-state index contributed by atoms with van der Waals surface area (Å²) in [6.45, 7) is 0. The maximum atomic E-state index is 3.29. The van der Waals surface area contributed by atoms with Crippen LogP contribution in [0.25, 0.3) is 24.3 Å². The van der Waals surface area contributed by atoms with E-state index in [1.807, 2.05) is 0 Å². The van der Waals surface area contributed by atoms with Crippen molar-refractivity contribution in [3.05, 3.63) is 87.5 Å². The predicted octanol–water partition coefficient (Wildman–Crippen LogP) is 7.39. The fourth-order valence-electron chi connectivity index (χ4n) is 2.61. The minimum atomic E-state index is 1.09. The molecule has 0 N–H and O–H groups in total. The lowest BCUT2D eigenvalue weighted by molar-refractivity contribution is 1.87. The van der Waals surface area contributed by atoms with E-state index in [1.165, 1.54) is 19.5 Å². The largest absolute Gasteiger partial charge is 0.127 e. The molecule has 0 saturated heterocycles. The van der Waals surface area contributed by atoms with Crippen molar-refractivity contribution in [3.63, 3.8) is 0 Å². The quantitative estimate of drug-likeness (QED) is 0.226. The molecule has 0 unspecified atom stereocenters. The second-order valence-corrected chi connectivity index (χ2v) is 10.4. The lowest BCUT2D eigenvalue weighted by Gasteiger charge is -1.85. The Bertz CT molecular complexity index is 1120. The number of hydrogen-bond donors (Lipinski definition) is 0. The molecular weight excluding hydrogens is 417 g/mol. The van der Waals surface area contributed by atoms with Crippen molar-refractivity contribution in [1.29, 1.82) is 0 Å². The van der Waals surface area contributed by atoms with Crippen LogP contribution < -0.4 is 0 Å². The first-order valence-corrected chi connectivity index (χ1v) is 11.9. The molecule has 1 aliphatic heterocycles. The molecule has 4 aromatic heterocycles. The van der Waals surface area contributed by atoms with Crippen molar-refractivity contribution in [2.75, 3.05) is 0 Å². The topological polar surface area (TPSA) is 0 Å². The van der Waals surface area contributed by atoms with Crippen LogP contribution in [0.5, 0.6) is 0 Å². The highest BCUT2D eigenvalue weighted by molar-refractivity contribution is 7.15. The summed E-state index contributed by atoms with van der Waals surface area (Å²) >= 11 is 6.87. The molecule has 0 aliphatic carbocycles. The summed E-state index contributed by atoms with van der Waals surface area (Å²) in [7, 11) is 0. The first kappa shape index (κ1) is 17.5. The minimum Gasteiger partial charge on any atom is -0.127 e. The molecule has 0 nitrogen and oxygen atoms in total. The molecule has 8 bridgehead atoms. The molecule has 5 heterocycles. The smallest absolute Gasteiger partial charge is 0.0778 e. The molecule has 0 radical (unpaired) electrons. The minimum absolute atomic E-state index is 1.09. The zero-order chi connectivity index (χ0) is 18.8. The standard InChI is InChI=1S/C24H12S4/c1-2-18-11-12-20-5-6-22(27-20)15-16-24-8-7-23(28-24)14-13-21-4-3-19(26-21)10-9-17(1)25-18/h1-10,15-16H. The van der Waals surface area contributed by atoms with E-state index in [9.17, 15) is 0 Å². The first-order chi connectivity index (χ1) is 13.8. The Morgan fingerprint density at radius 2 is 0.607 bits per heavy atom. The van der Waals surface area contributed by atoms with Gasteiger partial charge in [0.15, 0.2) is 0 Å². The van der Waals surface area contributed by atoms with Gasteiger partial charge in [-0.15, -0.1) is 45.3 Å². The molecule has 0 atom stereocenters. The highest BCUT2D eigenvalue weighted by atomic mass is 32.1. The van der Waals surface area contributed by atoms with Crippen LogP contribution in [-0.4, -0.2) is 0 Å². The molecule has 4 heteroatoms. The number of fused-ring (bicyclic) bond motifs is 8. The predicted molar refractivity (Wildman–Crippen MR) is 127 cm³/mol. The summed E-state index contributed by atoms with van der Waals surface area (Å²) in [5.41, 5.74) is 0. The van der Waals surface area contributed by atoms with Gasteiger partial charge in [-0.2, -0.15) is 0 Å². The van der Waals surface area contributed by atoms with Crippen LogP contribution in [0.15, 0.2) is 48.5 Å². The van der Waals surface area contributed by atoms with Gasteiger partial charge in [0.05, 0.1) is 19.5 Å². The third-order valence-electron chi connectivity index (χ3n) is 3.95. The lowest BCUT2D eigenvalue weighted by atomic mass is 10.3. The average molecular weight is 429 g/mol. The molecule has 132 valence electrons. The Kier molecular flexibility index (Phi) is 4.87. The molecule has 4 aromatic rings. The van der Waals surface area contributed by atoms with E-state index in [-0.39, 0.29) is 0 Å². The van der Waals surface area contributed by atoms with Gasteiger partial charge in [0.2, 0.25) is 0 Å². The SMILES string of the molecule is C1#Cc2ccc(s2)C=Cc2ccc(s2)C#Cc2ccc(s2)C=Cc2ccc1s2. The Hall–Kier alpha value is -2.60. The van der Waals surface area contributed by atoms with Gasteiger partial charge in [-0.3, -0.25) is 0 Å². The Balaban J connectivity index is 1.55. The van der Waals surface area contributed by atoms with Crippen molar-refractivity contribution in [2.45, 2.75) is 0 Å². The second-order valence-electron chi connectivity index (χ2n) is 5.97. The normalized spacial score (nSPS) is 12.0. The van der Waals surface area contributed by atoms with E-state index in [2.05, 4.69) is 96.5 Å². The fourth-order valence-corrected chi connectivity index (χ4v) is 5.67. The number of thiophene rings is 4. The highest BCUT2D eigenvalue weighted by Gasteiger charge is 2.00. The van der Waals surface area contributed by atoms with Crippen LogP contribution >= 0.6 is 45.3 Å². The van der Waals surface area contributed by atoms with Gasteiger partial charge in [-0.1, -0.05) is 0 Å². The van der Waals surface area contributed by atoms with Crippen molar-refractivity contribution < 1.29 is 0 Å². The molecule has 0 amide bonds. The Morgan fingerprint density at radius 3 is 0.857 bits per heavy atom. The monoisotopic (exact) mass is 428 g/mol. The van der Waals surface area contributed by atoms with Gasteiger partial charge >= 0.3 is 0 Å². The molecular formula is C24H12S4. The fraction of sp³-hybridized carbons (Fsp3) is 0. The second kappa shape index (κ2) is 7.80. The van der Waals surface area contributed by atoms with Crippen LogP contribution in [0.2, 0.25) is 0 Å². The first-order valence-electron chi connectivity index (χ1n) is 8.60. The van der Waals surface area contributed by atoms with Crippen LogP contribution in [-0.2, 0) is 0 Å².